The second-order valence-corrected chi connectivity index (χ2v) is 7.73. The lowest BCUT2D eigenvalue weighted by molar-refractivity contribution is 0.216. The van der Waals surface area contributed by atoms with Crippen LogP contribution in [0.15, 0.2) is 36.4 Å². The average molecular weight is 291 g/mol. The predicted octanol–water partition coefficient (Wildman–Crippen LogP) is 5.44. The molecule has 2 aromatic rings. The van der Waals surface area contributed by atoms with Gasteiger partial charge in [0.25, 0.3) is 0 Å². The van der Waals surface area contributed by atoms with Gasteiger partial charge in [0.05, 0.1) is 0 Å². The first-order valence-corrected chi connectivity index (χ1v) is 9.07. The first kappa shape index (κ1) is 13.0. The Kier molecular flexibility index (Phi) is 2.66. The number of allylic oxidation sites excluding steroid dienone is 2. The number of fused-ring (bicyclic) bond motifs is 2. The standard InChI is InChI=1S/C21H25N/c1-22-18-8-4-3-7-17(18)19-20(22)15-9-11-16(12-10-15)21(19)13-5-2-6-14-21/h3-4,7-9,11,15-16H,2,5-6,10,12-14H2,1H3/t15-,16+/m0/s1. The van der Waals surface area contributed by atoms with Crippen LogP contribution in [0.25, 0.3) is 10.9 Å². The lowest BCUT2D eigenvalue weighted by Gasteiger charge is -2.42. The summed E-state index contributed by atoms with van der Waals surface area (Å²) < 4.78 is 2.52. The van der Waals surface area contributed by atoms with Crippen molar-refractivity contribution < 1.29 is 0 Å². The van der Waals surface area contributed by atoms with Crippen LogP contribution in [0.3, 0.4) is 0 Å². The Morgan fingerprint density at radius 3 is 2.59 bits per heavy atom. The van der Waals surface area contributed by atoms with Gasteiger partial charge in [0, 0.05) is 35.0 Å². The van der Waals surface area contributed by atoms with Gasteiger partial charge in [-0.2, -0.15) is 0 Å². The molecule has 1 saturated carbocycles. The molecule has 4 aliphatic carbocycles. The summed E-state index contributed by atoms with van der Waals surface area (Å²) in [7, 11) is 2.30. The molecule has 4 aliphatic rings. The van der Waals surface area contributed by atoms with Crippen LogP contribution in [0.1, 0.15) is 62.1 Å². The van der Waals surface area contributed by atoms with Gasteiger partial charge in [-0.15, -0.1) is 0 Å². The molecular weight excluding hydrogens is 266 g/mol. The summed E-state index contributed by atoms with van der Waals surface area (Å²) in [6.07, 6.45) is 14.9. The minimum absolute atomic E-state index is 0.427. The number of benzene rings is 1. The molecule has 1 fully saturated rings. The maximum absolute atomic E-state index is 2.59. The Labute approximate surface area is 133 Å². The number of rotatable bonds is 0. The lowest BCUT2D eigenvalue weighted by Crippen LogP contribution is -2.36. The summed E-state index contributed by atoms with van der Waals surface area (Å²) in [4.78, 5) is 0. The van der Waals surface area contributed by atoms with Gasteiger partial charge >= 0.3 is 0 Å². The first-order chi connectivity index (χ1) is 10.8. The molecule has 1 nitrogen and oxygen atoms in total. The third kappa shape index (κ3) is 1.50. The van der Waals surface area contributed by atoms with Gasteiger partial charge in [-0.05, 0) is 43.2 Å². The molecule has 1 heteroatoms. The maximum atomic E-state index is 2.59. The first-order valence-electron chi connectivity index (χ1n) is 9.07. The number of nitrogens with zero attached hydrogens (tertiary/aromatic N) is 1. The number of hydrogen-bond donors (Lipinski definition) is 0. The van der Waals surface area contributed by atoms with E-state index in [2.05, 4.69) is 48.0 Å². The SMILES string of the molecule is Cn1c2c(c3ccccc31)C1(CCCCC1)[C@@H]1C=C[C@H]2CC1. The summed E-state index contributed by atoms with van der Waals surface area (Å²) in [5, 5.41) is 1.54. The van der Waals surface area contributed by atoms with E-state index in [0.29, 0.717) is 11.3 Å². The number of aromatic nitrogens is 1. The van der Waals surface area contributed by atoms with Crippen molar-refractivity contribution in [2.75, 3.05) is 0 Å². The van der Waals surface area contributed by atoms with Crippen LogP contribution in [0.4, 0.5) is 0 Å². The zero-order valence-corrected chi connectivity index (χ0v) is 13.5. The van der Waals surface area contributed by atoms with E-state index >= 15 is 0 Å². The minimum Gasteiger partial charge on any atom is -0.347 e. The van der Waals surface area contributed by atoms with E-state index in [1.54, 1.807) is 16.6 Å². The zero-order chi connectivity index (χ0) is 14.7. The van der Waals surface area contributed by atoms with E-state index in [1.807, 2.05) is 0 Å². The second kappa shape index (κ2) is 4.50. The van der Waals surface area contributed by atoms with Crippen LogP contribution in [-0.2, 0) is 12.5 Å². The van der Waals surface area contributed by atoms with E-state index in [0.717, 1.165) is 5.92 Å². The highest BCUT2D eigenvalue weighted by atomic mass is 15.0. The van der Waals surface area contributed by atoms with Crippen molar-refractivity contribution in [2.24, 2.45) is 13.0 Å². The van der Waals surface area contributed by atoms with Crippen molar-refractivity contribution in [1.29, 1.82) is 0 Å². The Balaban J connectivity index is 1.89. The molecule has 0 saturated heterocycles. The molecule has 0 aliphatic heterocycles. The van der Waals surface area contributed by atoms with Crippen molar-refractivity contribution in [3.63, 3.8) is 0 Å². The Bertz CT molecular complexity index is 758. The van der Waals surface area contributed by atoms with Crippen molar-refractivity contribution in [2.45, 2.75) is 56.3 Å². The third-order valence-corrected chi connectivity index (χ3v) is 6.82. The molecule has 0 amide bonds. The van der Waals surface area contributed by atoms with Crippen LogP contribution in [0, 0.1) is 5.92 Å². The van der Waals surface area contributed by atoms with Crippen LogP contribution < -0.4 is 0 Å². The zero-order valence-electron chi connectivity index (χ0n) is 13.5. The van der Waals surface area contributed by atoms with Gasteiger partial charge in [-0.1, -0.05) is 49.6 Å². The lowest BCUT2D eigenvalue weighted by atomic mass is 9.61. The van der Waals surface area contributed by atoms with Gasteiger partial charge < -0.3 is 4.57 Å². The molecule has 0 radical (unpaired) electrons. The molecular formula is C21H25N. The monoisotopic (exact) mass is 291 g/mol. The van der Waals surface area contributed by atoms with Crippen molar-refractivity contribution in [3.05, 3.63) is 47.7 Å². The second-order valence-electron chi connectivity index (χ2n) is 7.73. The molecule has 1 aromatic heterocycles. The van der Waals surface area contributed by atoms with Crippen molar-refractivity contribution in [3.8, 4) is 0 Å². The van der Waals surface area contributed by atoms with E-state index in [1.165, 1.54) is 50.5 Å². The fraction of sp³-hybridized carbons (Fsp3) is 0.524. The summed E-state index contributed by atoms with van der Waals surface area (Å²) in [5.74, 6) is 1.42. The Hall–Kier alpha value is -1.50. The molecule has 0 N–H and O–H groups in total. The minimum atomic E-state index is 0.427. The maximum Gasteiger partial charge on any atom is 0.0483 e. The van der Waals surface area contributed by atoms with Crippen molar-refractivity contribution in [1.82, 2.24) is 4.57 Å². The fourth-order valence-corrected chi connectivity index (χ4v) is 5.87. The van der Waals surface area contributed by atoms with E-state index in [9.17, 15) is 0 Å². The number of hydrogen-bond acceptors (Lipinski definition) is 0. The van der Waals surface area contributed by atoms with E-state index in [-0.39, 0.29) is 0 Å². The molecule has 1 heterocycles. The summed E-state index contributed by atoms with van der Waals surface area (Å²) in [6.45, 7) is 0. The number of aryl methyl sites for hydroxylation is 1. The van der Waals surface area contributed by atoms with Crippen molar-refractivity contribution >= 4 is 10.9 Å². The topological polar surface area (TPSA) is 4.93 Å². The molecule has 0 unspecified atom stereocenters. The highest BCUT2D eigenvalue weighted by Gasteiger charge is 2.47. The molecule has 6 rings (SSSR count). The summed E-state index contributed by atoms with van der Waals surface area (Å²) in [5.41, 5.74) is 5.25. The average Bonchev–Trinajstić information content (AvgIpc) is 2.75. The molecule has 114 valence electrons. The van der Waals surface area contributed by atoms with Gasteiger partial charge in [-0.3, -0.25) is 0 Å². The van der Waals surface area contributed by atoms with Gasteiger partial charge in [0.1, 0.15) is 0 Å². The van der Waals surface area contributed by atoms with E-state index < -0.39 is 0 Å². The molecule has 1 aromatic carbocycles. The normalized spacial score (nSPS) is 29.0. The Morgan fingerprint density at radius 2 is 1.82 bits per heavy atom. The molecule has 1 spiro atoms. The molecule has 2 atom stereocenters. The van der Waals surface area contributed by atoms with Crippen LogP contribution >= 0.6 is 0 Å². The third-order valence-electron chi connectivity index (χ3n) is 6.82. The predicted molar refractivity (Wildman–Crippen MR) is 92.3 cm³/mol. The fourth-order valence-electron chi connectivity index (χ4n) is 5.87. The largest absolute Gasteiger partial charge is 0.347 e. The van der Waals surface area contributed by atoms with Gasteiger partial charge in [-0.25, -0.2) is 0 Å². The summed E-state index contributed by atoms with van der Waals surface area (Å²) >= 11 is 0. The van der Waals surface area contributed by atoms with Gasteiger partial charge in [0.15, 0.2) is 0 Å². The molecule has 22 heavy (non-hydrogen) atoms. The number of para-hydroxylation sites is 1. The summed E-state index contributed by atoms with van der Waals surface area (Å²) in [6, 6.07) is 9.13. The van der Waals surface area contributed by atoms with Crippen LogP contribution in [0.5, 0.6) is 0 Å². The Morgan fingerprint density at radius 1 is 1.00 bits per heavy atom. The van der Waals surface area contributed by atoms with E-state index in [4.69, 9.17) is 0 Å². The van der Waals surface area contributed by atoms with Gasteiger partial charge in [0.2, 0.25) is 0 Å². The van der Waals surface area contributed by atoms with Crippen LogP contribution in [-0.4, -0.2) is 4.57 Å². The molecule has 2 bridgehead atoms. The highest BCUT2D eigenvalue weighted by Crippen LogP contribution is 2.57. The highest BCUT2D eigenvalue weighted by molar-refractivity contribution is 5.87. The smallest absolute Gasteiger partial charge is 0.0483 e. The quantitative estimate of drug-likeness (QED) is 0.569. The van der Waals surface area contributed by atoms with Crippen LogP contribution in [0.2, 0.25) is 0 Å².